The molecule has 2 rings (SSSR count). The molecule has 0 fully saturated rings. The molecule has 0 aromatic heterocycles. The van der Waals surface area contributed by atoms with E-state index in [-0.39, 0.29) is 24.2 Å². The number of carbonyl (C=O) groups is 2. The normalized spacial score (nSPS) is 9.95. The Morgan fingerprint density at radius 1 is 0.905 bits per heavy atom. The molecule has 0 saturated heterocycles. The van der Waals surface area contributed by atoms with Gasteiger partial charge >= 0.3 is 0 Å². The Balaban J connectivity index is 1.75. The zero-order chi connectivity index (χ0) is 15.1. The Morgan fingerprint density at radius 3 is 2.24 bits per heavy atom. The second kappa shape index (κ2) is 7.19. The minimum absolute atomic E-state index is 0.102. The minimum atomic E-state index is -0.319. The van der Waals surface area contributed by atoms with E-state index in [2.05, 4.69) is 10.6 Å². The van der Waals surface area contributed by atoms with Crippen LogP contribution in [0.1, 0.15) is 15.9 Å². The number of nitrogens with one attached hydrogen (secondary N) is 2. The van der Waals surface area contributed by atoms with Crippen molar-refractivity contribution in [1.29, 1.82) is 0 Å². The molecule has 0 aliphatic rings. The predicted molar refractivity (Wildman–Crippen MR) is 77.0 cm³/mol. The van der Waals surface area contributed by atoms with Crippen LogP contribution in [0.5, 0.6) is 0 Å². The van der Waals surface area contributed by atoms with Crippen molar-refractivity contribution >= 4 is 11.8 Å². The molecule has 5 heteroatoms. The van der Waals surface area contributed by atoms with E-state index in [9.17, 15) is 14.0 Å². The van der Waals surface area contributed by atoms with Crippen LogP contribution in [-0.4, -0.2) is 18.4 Å². The molecule has 0 aliphatic carbocycles. The Hall–Kier alpha value is -2.69. The van der Waals surface area contributed by atoms with Gasteiger partial charge in [-0.3, -0.25) is 9.59 Å². The molecule has 2 amide bonds. The van der Waals surface area contributed by atoms with Gasteiger partial charge in [0.2, 0.25) is 5.91 Å². The van der Waals surface area contributed by atoms with Gasteiger partial charge in [0.05, 0.1) is 6.54 Å². The summed E-state index contributed by atoms with van der Waals surface area (Å²) < 4.78 is 12.7. The summed E-state index contributed by atoms with van der Waals surface area (Å²) in [4.78, 5) is 23.3. The summed E-state index contributed by atoms with van der Waals surface area (Å²) in [5.41, 5.74) is 1.29. The molecule has 0 bridgehead atoms. The van der Waals surface area contributed by atoms with Gasteiger partial charge in [-0.1, -0.05) is 30.3 Å². The third kappa shape index (κ3) is 4.72. The van der Waals surface area contributed by atoms with E-state index >= 15 is 0 Å². The zero-order valence-electron chi connectivity index (χ0n) is 11.3. The first kappa shape index (κ1) is 14.7. The van der Waals surface area contributed by atoms with Gasteiger partial charge in [-0.25, -0.2) is 4.39 Å². The van der Waals surface area contributed by atoms with Crippen LogP contribution in [0.15, 0.2) is 54.6 Å². The van der Waals surface area contributed by atoms with Gasteiger partial charge in [-0.2, -0.15) is 0 Å². The van der Waals surface area contributed by atoms with Gasteiger partial charge in [-0.05, 0) is 29.8 Å². The van der Waals surface area contributed by atoms with Crippen molar-refractivity contribution in [1.82, 2.24) is 10.6 Å². The van der Waals surface area contributed by atoms with Gasteiger partial charge in [0.15, 0.2) is 0 Å². The van der Waals surface area contributed by atoms with Crippen molar-refractivity contribution < 1.29 is 14.0 Å². The molecule has 0 heterocycles. The van der Waals surface area contributed by atoms with Crippen LogP contribution in [0.25, 0.3) is 0 Å². The fraction of sp³-hybridized carbons (Fsp3) is 0.125. The highest BCUT2D eigenvalue weighted by molar-refractivity contribution is 5.96. The number of benzene rings is 2. The average Bonchev–Trinajstić information content (AvgIpc) is 2.53. The molecule has 2 N–H and O–H groups in total. The molecular weight excluding hydrogens is 271 g/mol. The van der Waals surface area contributed by atoms with Crippen molar-refractivity contribution in [3.05, 3.63) is 71.5 Å². The first-order chi connectivity index (χ1) is 10.1. The first-order valence-electron chi connectivity index (χ1n) is 6.49. The van der Waals surface area contributed by atoms with Crippen molar-refractivity contribution in [3.63, 3.8) is 0 Å². The average molecular weight is 286 g/mol. The Bertz CT molecular complexity index is 612. The summed E-state index contributed by atoms with van der Waals surface area (Å²) in [7, 11) is 0. The number of hydrogen-bond donors (Lipinski definition) is 2. The Labute approximate surface area is 122 Å². The third-order valence-corrected chi connectivity index (χ3v) is 2.85. The van der Waals surface area contributed by atoms with Crippen LogP contribution >= 0.6 is 0 Å². The summed E-state index contributed by atoms with van der Waals surface area (Å²) in [6, 6.07) is 14.5. The number of rotatable bonds is 5. The minimum Gasteiger partial charge on any atom is -0.350 e. The van der Waals surface area contributed by atoms with Gasteiger partial charge < -0.3 is 10.6 Å². The SMILES string of the molecule is O=C(CNC(=O)c1ccccc1)NCc1ccc(F)cc1. The smallest absolute Gasteiger partial charge is 0.251 e. The lowest BCUT2D eigenvalue weighted by atomic mass is 10.2. The van der Waals surface area contributed by atoms with Gasteiger partial charge in [0.25, 0.3) is 5.91 Å². The molecule has 4 nitrogen and oxygen atoms in total. The number of hydrogen-bond acceptors (Lipinski definition) is 2. The van der Waals surface area contributed by atoms with E-state index in [4.69, 9.17) is 0 Å². The van der Waals surface area contributed by atoms with Crippen LogP contribution in [0.4, 0.5) is 4.39 Å². The zero-order valence-corrected chi connectivity index (χ0v) is 11.3. The van der Waals surface area contributed by atoms with Crippen molar-refractivity contribution in [3.8, 4) is 0 Å². The maximum atomic E-state index is 12.7. The molecule has 0 atom stereocenters. The van der Waals surface area contributed by atoms with Gasteiger partial charge in [0.1, 0.15) is 5.82 Å². The Morgan fingerprint density at radius 2 is 1.57 bits per heavy atom. The highest BCUT2D eigenvalue weighted by Gasteiger charge is 2.07. The van der Waals surface area contributed by atoms with Crippen molar-refractivity contribution in [2.24, 2.45) is 0 Å². The summed E-state index contributed by atoms with van der Waals surface area (Å²) in [6.07, 6.45) is 0. The van der Waals surface area contributed by atoms with E-state index in [1.807, 2.05) is 6.07 Å². The lowest BCUT2D eigenvalue weighted by molar-refractivity contribution is -0.120. The van der Waals surface area contributed by atoms with E-state index in [1.54, 1.807) is 36.4 Å². The molecule has 2 aromatic rings. The van der Waals surface area contributed by atoms with Crippen LogP contribution in [0.2, 0.25) is 0 Å². The highest BCUT2D eigenvalue weighted by atomic mass is 19.1. The predicted octanol–water partition coefficient (Wildman–Crippen LogP) is 1.87. The number of amides is 2. The quantitative estimate of drug-likeness (QED) is 0.881. The monoisotopic (exact) mass is 286 g/mol. The number of halogens is 1. The topological polar surface area (TPSA) is 58.2 Å². The third-order valence-electron chi connectivity index (χ3n) is 2.85. The Kier molecular flexibility index (Phi) is 5.04. The van der Waals surface area contributed by atoms with Gasteiger partial charge in [0, 0.05) is 12.1 Å². The lowest BCUT2D eigenvalue weighted by Gasteiger charge is -2.07. The highest BCUT2D eigenvalue weighted by Crippen LogP contribution is 2.02. The lowest BCUT2D eigenvalue weighted by Crippen LogP contribution is -2.36. The molecule has 2 aromatic carbocycles. The molecule has 0 unspecified atom stereocenters. The fourth-order valence-corrected chi connectivity index (χ4v) is 1.72. The largest absolute Gasteiger partial charge is 0.350 e. The van der Waals surface area contributed by atoms with E-state index in [0.717, 1.165) is 5.56 Å². The van der Waals surface area contributed by atoms with Crippen LogP contribution in [0, 0.1) is 5.82 Å². The van der Waals surface area contributed by atoms with E-state index < -0.39 is 0 Å². The standard InChI is InChI=1S/C16H15FN2O2/c17-14-8-6-12(7-9-14)10-18-15(20)11-19-16(21)13-4-2-1-3-5-13/h1-9H,10-11H2,(H,18,20)(H,19,21). The van der Waals surface area contributed by atoms with Crippen LogP contribution in [0.3, 0.4) is 0 Å². The second-order valence-corrected chi connectivity index (χ2v) is 4.45. The molecule has 0 saturated carbocycles. The molecule has 0 radical (unpaired) electrons. The summed E-state index contributed by atoms with van der Waals surface area (Å²) >= 11 is 0. The van der Waals surface area contributed by atoms with E-state index in [1.165, 1.54) is 12.1 Å². The van der Waals surface area contributed by atoms with Crippen molar-refractivity contribution in [2.75, 3.05) is 6.54 Å². The summed E-state index contributed by atoms with van der Waals surface area (Å²) in [5, 5.41) is 5.18. The molecule has 0 aliphatic heterocycles. The second-order valence-electron chi connectivity index (χ2n) is 4.45. The first-order valence-corrected chi connectivity index (χ1v) is 6.49. The van der Waals surface area contributed by atoms with Crippen LogP contribution < -0.4 is 10.6 Å². The summed E-state index contributed by atoms with van der Waals surface area (Å²) in [5.74, 6) is -0.920. The molecular formula is C16H15FN2O2. The summed E-state index contributed by atoms with van der Waals surface area (Å²) in [6.45, 7) is 0.190. The maximum Gasteiger partial charge on any atom is 0.251 e. The molecule has 108 valence electrons. The maximum absolute atomic E-state index is 12.7. The van der Waals surface area contributed by atoms with Crippen LogP contribution in [-0.2, 0) is 11.3 Å². The van der Waals surface area contributed by atoms with Gasteiger partial charge in [-0.15, -0.1) is 0 Å². The van der Waals surface area contributed by atoms with E-state index in [0.29, 0.717) is 12.1 Å². The fourth-order valence-electron chi connectivity index (χ4n) is 1.72. The number of carbonyl (C=O) groups excluding carboxylic acids is 2. The molecule has 21 heavy (non-hydrogen) atoms. The molecule has 0 spiro atoms. The van der Waals surface area contributed by atoms with Crippen molar-refractivity contribution in [2.45, 2.75) is 6.54 Å².